The van der Waals surface area contributed by atoms with Crippen molar-refractivity contribution in [2.45, 2.75) is 6.54 Å². The van der Waals surface area contributed by atoms with Crippen LogP contribution in [0, 0.1) is 0 Å². The molecule has 0 bridgehead atoms. The fraction of sp³-hybridized carbons (Fsp3) is 0.188. The minimum atomic E-state index is 0.407. The lowest BCUT2D eigenvalue weighted by Gasteiger charge is -2.14. The lowest BCUT2D eigenvalue weighted by atomic mass is 10.2. The van der Waals surface area contributed by atoms with Crippen molar-refractivity contribution in [3.63, 3.8) is 0 Å². The summed E-state index contributed by atoms with van der Waals surface area (Å²) in [5.41, 5.74) is 2.87. The lowest BCUT2D eigenvalue weighted by molar-refractivity contribution is 0.789. The van der Waals surface area contributed by atoms with Crippen molar-refractivity contribution < 1.29 is 0 Å². The van der Waals surface area contributed by atoms with Gasteiger partial charge in [0.05, 0.1) is 15.7 Å². The predicted octanol–water partition coefficient (Wildman–Crippen LogP) is 3.65. The van der Waals surface area contributed by atoms with Crippen LogP contribution in [0.4, 0.5) is 11.6 Å². The minimum absolute atomic E-state index is 0.407. The average molecular weight is 363 g/mol. The number of nitrogens with zero attached hydrogens (tertiary/aromatic N) is 5. The summed E-state index contributed by atoms with van der Waals surface area (Å²) in [4.78, 5) is 2.05. The number of benzene rings is 2. The second kappa shape index (κ2) is 7.07. The van der Waals surface area contributed by atoms with E-state index in [4.69, 9.17) is 23.2 Å². The van der Waals surface area contributed by atoms with Crippen LogP contribution in [0.15, 0.2) is 42.5 Å². The van der Waals surface area contributed by atoms with Crippen molar-refractivity contribution >= 4 is 34.8 Å². The molecule has 0 atom stereocenters. The summed E-state index contributed by atoms with van der Waals surface area (Å²) >= 11 is 12.3. The highest BCUT2D eigenvalue weighted by Gasteiger charge is 2.13. The average Bonchev–Trinajstić information content (AvgIpc) is 3.04. The third kappa shape index (κ3) is 3.44. The molecule has 0 radical (unpaired) electrons. The molecule has 0 fully saturated rings. The molecular weight excluding hydrogens is 347 g/mol. The Bertz CT molecular complexity index is 846. The topological polar surface area (TPSA) is 58.9 Å². The van der Waals surface area contributed by atoms with Crippen molar-refractivity contribution in [2.75, 3.05) is 24.3 Å². The van der Waals surface area contributed by atoms with Crippen LogP contribution in [0.1, 0.15) is 5.56 Å². The van der Waals surface area contributed by atoms with E-state index >= 15 is 0 Å². The fourth-order valence-electron chi connectivity index (χ4n) is 2.24. The maximum atomic E-state index is 6.25. The molecule has 3 aromatic rings. The summed E-state index contributed by atoms with van der Waals surface area (Å²) in [5, 5.41) is 15.8. The number of aromatic nitrogens is 4. The maximum Gasteiger partial charge on any atom is 0.248 e. The van der Waals surface area contributed by atoms with Gasteiger partial charge >= 0.3 is 0 Å². The zero-order valence-corrected chi connectivity index (χ0v) is 14.8. The summed E-state index contributed by atoms with van der Waals surface area (Å²) in [5.74, 6) is 0.495. The van der Waals surface area contributed by atoms with Gasteiger partial charge in [-0.25, -0.2) is 0 Å². The molecule has 1 heterocycles. The number of rotatable bonds is 5. The van der Waals surface area contributed by atoms with Crippen LogP contribution in [0.5, 0.6) is 0 Å². The second-order valence-electron chi connectivity index (χ2n) is 5.41. The largest absolute Gasteiger partial charge is 0.378 e. The molecule has 0 aliphatic rings. The van der Waals surface area contributed by atoms with Crippen molar-refractivity contribution in [2.24, 2.45) is 0 Å². The molecule has 0 saturated carbocycles. The molecule has 24 heavy (non-hydrogen) atoms. The van der Waals surface area contributed by atoms with Gasteiger partial charge in [0.1, 0.15) is 0 Å². The summed E-state index contributed by atoms with van der Waals surface area (Å²) < 4.78 is 1.53. The van der Waals surface area contributed by atoms with Gasteiger partial charge in [-0.2, -0.15) is 4.68 Å². The molecule has 6 nitrogen and oxygen atoms in total. The van der Waals surface area contributed by atoms with Crippen LogP contribution in [-0.2, 0) is 6.54 Å². The van der Waals surface area contributed by atoms with E-state index in [1.54, 1.807) is 12.1 Å². The first-order valence-corrected chi connectivity index (χ1v) is 8.05. The molecule has 0 spiro atoms. The summed E-state index contributed by atoms with van der Waals surface area (Å²) in [6.07, 6.45) is 0. The Morgan fingerprint density at radius 2 is 1.92 bits per heavy atom. The Morgan fingerprint density at radius 1 is 1.12 bits per heavy atom. The van der Waals surface area contributed by atoms with E-state index in [1.165, 1.54) is 4.68 Å². The minimum Gasteiger partial charge on any atom is -0.378 e. The van der Waals surface area contributed by atoms with E-state index in [-0.39, 0.29) is 0 Å². The highest BCUT2D eigenvalue weighted by atomic mass is 35.5. The third-order valence-electron chi connectivity index (χ3n) is 3.51. The van der Waals surface area contributed by atoms with Gasteiger partial charge in [-0.1, -0.05) is 46.5 Å². The van der Waals surface area contributed by atoms with Crippen molar-refractivity contribution in [3.8, 4) is 5.69 Å². The summed E-state index contributed by atoms with van der Waals surface area (Å²) in [7, 11) is 4.02. The first-order valence-electron chi connectivity index (χ1n) is 7.29. The van der Waals surface area contributed by atoms with Gasteiger partial charge in [-0.3, -0.25) is 0 Å². The van der Waals surface area contributed by atoms with Gasteiger partial charge in [0.2, 0.25) is 5.95 Å². The number of halogens is 2. The van der Waals surface area contributed by atoms with E-state index in [1.807, 2.05) is 32.3 Å². The summed E-state index contributed by atoms with van der Waals surface area (Å²) in [6, 6.07) is 13.5. The molecule has 1 N–H and O–H groups in total. The Morgan fingerprint density at radius 3 is 2.71 bits per heavy atom. The Hall–Kier alpha value is -2.31. The number of anilines is 2. The normalized spacial score (nSPS) is 10.7. The Balaban J connectivity index is 1.82. The maximum absolute atomic E-state index is 6.25. The van der Waals surface area contributed by atoms with E-state index in [9.17, 15) is 0 Å². The smallest absolute Gasteiger partial charge is 0.248 e. The van der Waals surface area contributed by atoms with Gasteiger partial charge in [-0.15, -0.1) is 0 Å². The van der Waals surface area contributed by atoms with Crippen LogP contribution in [0.25, 0.3) is 5.69 Å². The van der Waals surface area contributed by atoms with E-state index in [0.29, 0.717) is 28.2 Å². The van der Waals surface area contributed by atoms with Crippen LogP contribution in [0.2, 0.25) is 10.0 Å². The van der Waals surface area contributed by atoms with Crippen molar-refractivity contribution in [1.29, 1.82) is 0 Å². The molecule has 3 rings (SSSR count). The Kier molecular flexibility index (Phi) is 4.87. The van der Waals surface area contributed by atoms with Gasteiger partial charge < -0.3 is 10.2 Å². The highest BCUT2D eigenvalue weighted by molar-refractivity contribution is 6.43. The van der Waals surface area contributed by atoms with Gasteiger partial charge in [0, 0.05) is 26.3 Å². The first-order chi connectivity index (χ1) is 11.6. The van der Waals surface area contributed by atoms with Gasteiger partial charge in [-0.05, 0) is 40.3 Å². The van der Waals surface area contributed by atoms with Crippen molar-refractivity contribution in [1.82, 2.24) is 20.2 Å². The first kappa shape index (κ1) is 16.5. The molecule has 2 aromatic carbocycles. The number of tetrazole rings is 1. The number of nitrogens with one attached hydrogen (secondary N) is 1. The molecule has 0 aliphatic heterocycles. The lowest BCUT2D eigenvalue weighted by Crippen LogP contribution is -2.10. The van der Waals surface area contributed by atoms with Crippen LogP contribution < -0.4 is 10.2 Å². The monoisotopic (exact) mass is 362 g/mol. The Labute approximate surface area is 150 Å². The van der Waals surface area contributed by atoms with E-state index in [2.05, 4.69) is 37.9 Å². The SMILES string of the molecule is CN(C)c1cccc(CNc2nnnn2-c2cccc(Cl)c2Cl)c1. The van der Waals surface area contributed by atoms with Crippen molar-refractivity contribution in [3.05, 3.63) is 58.1 Å². The van der Waals surface area contributed by atoms with E-state index in [0.717, 1.165) is 11.3 Å². The number of hydrogen-bond donors (Lipinski definition) is 1. The predicted molar refractivity (Wildman–Crippen MR) is 97.3 cm³/mol. The second-order valence-corrected chi connectivity index (χ2v) is 6.19. The molecule has 1 aromatic heterocycles. The molecule has 8 heteroatoms. The van der Waals surface area contributed by atoms with Gasteiger partial charge in [0.15, 0.2) is 0 Å². The van der Waals surface area contributed by atoms with Crippen LogP contribution >= 0.6 is 23.2 Å². The van der Waals surface area contributed by atoms with Crippen LogP contribution in [0.3, 0.4) is 0 Å². The molecular formula is C16H16Cl2N6. The zero-order valence-electron chi connectivity index (χ0n) is 13.2. The zero-order chi connectivity index (χ0) is 17.1. The molecule has 0 saturated heterocycles. The third-order valence-corrected chi connectivity index (χ3v) is 4.32. The number of hydrogen-bond acceptors (Lipinski definition) is 5. The highest BCUT2D eigenvalue weighted by Crippen LogP contribution is 2.29. The molecule has 0 aliphatic carbocycles. The quantitative estimate of drug-likeness (QED) is 0.750. The molecule has 124 valence electrons. The standard InChI is InChI=1S/C16H16Cl2N6/c1-23(2)12-6-3-5-11(9-12)10-19-16-20-21-22-24(16)14-8-4-7-13(17)15(14)18/h3-9H,10H2,1-2H3,(H,19,20,22). The molecule has 0 unspecified atom stereocenters. The molecule has 0 amide bonds. The summed E-state index contributed by atoms with van der Waals surface area (Å²) in [6.45, 7) is 0.584. The van der Waals surface area contributed by atoms with Crippen LogP contribution in [-0.4, -0.2) is 34.3 Å². The fourth-order valence-corrected chi connectivity index (χ4v) is 2.62. The van der Waals surface area contributed by atoms with E-state index < -0.39 is 0 Å². The van der Waals surface area contributed by atoms with Gasteiger partial charge in [0.25, 0.3) is 0 Å².